The number of hydrogen-bond acceptors (Lipinski definition) is 6. The van der Waals surface area contributed by atoms with Crippen LogP contribution in [0.5, 0.6) is 11.5 Å². The van der Waals surface area contributed by atoms with Gasteiger partial charge in [-0.25, -0.2) is 9.97 Å². The molecule has 1 aliphatic heterocycles. The van der Waals surface area contributed by atoms with E-state index in [1.54, 1.807) is 14.2 Å². The molecule has 0 saturated carbocycles. The summed E-state index contributed by atoms with van der Waals surface area (Å²) in [5.41, 5.74) is 2.73. The summed E-state index contributed by atoms with van der Waals surface area (Å²) in [5, 5.41) is 0. The molecule has 0 amide bonds. The highest BCUT2D eigenvalue weighted by Crippen LogP contribution is 2.38. The van der Waals surface area contributed by atoms with Crippen molar-refractivity contribution in [3.05, 3.63) is 47.4 Å². The van der Waals surface area contributed by atoms with Gasteiger partial charge in [-0.1, -0.05) is 6.42 Å². The molecule has 3 heterocycles. The number of imidazole rings is 1. The van der Waals surface area contributed by atoms with Gasteiger partial charge >= 0.3 is 0 Å². The number of ether oxygens (including phenoxy) is 2. The summed E-state index contributed by atoms with van der Waals surface area (Å²) in [4.78, 5) is 11.9. The minimum atomic E-state index is 0.302. The summed E-state index contributed by atoms with van der Waals surface area (Å²) in [6.45, 7) is 5.73. The summed E-state index contributed by atoms with van der Waals surface area (Å²) >= 11 is 0. The van der Waals surface area contributed by atoms with Crippen LogP contribution in [-0.2, 0) is 13.6 Å². The van der Waals surface area contributed by atoms with Crippen LogP contribution in [0.25, 0.3) is 11.5 Å². The third-order valence-corrected chi connectivity index (χ3v) is 6.03. The van der Waals surface area contributed by atoms with Crippen LogP contribution in [0.15, 0.2) is 28.9 Å². The second-order valence-electron chi connectivity index (χ2n) is 7.87. The van der Waals surface area contributed by atoms with E-state index in [4.69, 9.17) is 18.9 Å². The third-order valence-electron chi connectivity index (χ3n) is 6.03. The normalized spacial score (nSPS) is 17.3. The van der Waals surface area contributed by atoms with Gasteiger partial charge in [0.05, 0.1) is 31.5 Å². The van der Waals surface area contributed by atoms with E-state index >= 15 is 0 Å². The lowest BCUT2D eigenvalue weighted by molar-refractivity contribution is 0.129. The van der Waals surface area contributed by atoms with Gasteiger partial charge in [-0.3, -0.25) is 4.90 Å². The molecule has 0 N–H and O–H groups in total. The standard InChI is InChI=1S/C23H30N4O3/c1-15-20(28-4)10-9-17(21(15)29-5)23-25-18(16(2)30-23)14-27-12-7-6-8-19(27)22-24-11-13-26(22)3/h9-11,13,19H,6-8,12,14H2,1-5H3/t19-/m0/s1. The highest BCUT2D eigenvalue weighted by Gasteiger charge is 2.28. The Morgan fingerprint density at radius 2 is 2.00 bits per heavy atom. The van der Waals surface area contributed by atoms with E-state index in [1.165, 1.54) is 12.8 Å². The molecule has 0 unspecified atom stereocenters. The molecule has 1 aromatic carbocycles. The van der Waals surface area contributed by atoms with Crippen molar-refractivity contribution in [3.8, 4) is 23.0 Å². The average molecular weight is 411 g/mol. The maximum absolute atomic E-state index is 6.08. The fraction of sp³-hybridized carbons (Fsp3) is 0.478. The van der Waals surface area contributed by atoms with Gasteiger partial charge in [0.15, 0.2) is 0 Å². The van der Waals surface area contributed by atoms with Gasteiger partial charge in [0.25, 0.3) is 0 Å². The van der Waals surface area contributed by atoms with Crippen LogP contribution in [0, 0.1) is 13.8 Å². The fourth-order valence-electron chi connectivity index (χ4n) is 4.38. The van der Waals surface area contributed by atoms with E-state index in [0.29, 0.717) is 11.9 Å². The molecule has 7 heteroatoms. The van der Waals surface area contributed by atoms with Crippen LogP contribution in [0.3, 0.4) is 0 Å². The molecule has 1 fully saturated rings. The van der Waals surface area contributed by atoms with Crippen LogP contribution in [0.1, 0.15) is 48.1 Å². The topological polar surface area (TPSA) is 65.5 Å². The van der Waals surface area contributed by atoms with Gasteiger partial charge in [-0.05, 0) is 45.4 Å². The number of methoxy groups -OCH3 is 2. The quantitative estimate of drug-likeness (QED) is 0.599. The van der Waals surface area contributed by atoms with Crippen LogP contribution < -0.4 is 9.47 Å². The van der Waals surface area contributed by atoms with Crippen molar-refractivity contribution < 1.29 is 13.9 Å². The van der Waals surface area contributed by atoms with E-state index in [2.05, 4.69) is 21.5 Å². The summed E-state index contributed by atoms with van der Waals surface area (Å²) in [6, 6.07) is 4.17. The van der Waals surface area contributed by atoms with Crippen molar-refractivity contribution in [2.45, 2.75) is 45.7 Å². The van der Waals surface area contributed by atoms with Crippen molar-refractivity contribution in [1.82, 2.24) is 19.4 Å². The number of likely N-dealkylation sites (tertiary alicyclic amines) is 1. The Hall–Kier alpha value is -2.80. The predicted molar refractivity (Wildman–Crippen MR) is 115 cm³/mol. The van der Waals surface area contributed by atoms with Gasteiger partial charge in [0.1, 0.15) is 23.1 Å². The smallest absolute Gasteiger partial charge is 0.230 e. The Balaban J connectivity index is 1.63. The summed E-state index contributed by atoms with van der Waals surface area (Å²) in [5.74, 6) is 4.04. The molecule has 3 aromatic rings. The zero-order chi connectivity index (χ0) is 21.3. The van der Waals surface area contributed by atoms with Crippen molar-refractivity contribution in [2.24, 2.45) is 7.05 Å². The van der Waals surface area contributed by atoms with E-state index < -0.39 is 0 Å². The lowest BCUT2D eigenvalue weighted by atomic mass is 10.0. The molecule has 1 atom stereocenters. The Kier molecular flexibility index (Phi) is 5.81. The van der Waals surface area contributed by atoms with Gasteiger partial charge in [-0.2, -0.15) is 0 Å². The van der Waals surface area contributed by atoms with Crippen molar-refractivity contribution in [2.75, 3.05) is 20.8 Å². The second-order valence-corrected chi connectivity index (χ2v) is 7.87. The number of oxazole rings is 1. The largest absolute Gasteiger partial charge is 0.496 e. The highest BCUT2D eigenvalue weighted by atomic mass is 16.5. The van der Waals surface area contributed by atoms with Gasteiger partial charge in [0, 0.05) is 31.5 Å². The SMILES string of the molecule is COc1ccc(-c2nc(CN3CCCC[C@H]3c3nccn3C)c(C)o2)c(OC)c1C. The summed E-state index contributed by atoms with van der Waals surface area (Å²) in [7, 11) is 5.38. The van der Waals surface area contributed by atoms with E-state index in [9.17, 15) is 0 Å². The zero-order valence-corrected chi connectivity index (χ0v) is 18.4. The van der Waals surface area contributed by atoms with Gasteiger partial charge < -0.3 is 18.5 Å². The maximum atomic E-state index is 6.08. The first-order valence-electron chi connectivity index (χ1n) is 10.4. The molecule has 0 bridgehead atoms. The molecular weight excluding hydrogens is 380 g/mol. The molecule has 2 aromatic heterocycles. The number of benzene rings is 1. The molecule has 0 radical (unpaired) electrons. The molecule has 4 rings (SSSR count). The monoisotopic (exact) mass is 410 g/mol. The van der Waals surface area contributed by atoms with Crippen molar-refractivity contribution in [3.63, 3.8) is 0 Å². The van der Waals surface area contributed by atoms with Gasteiger partial charge in [0.2, 0.25) is 5.89 Å². The van der Waals surface area contributed by atoms with Crippen LogP contribution >= 0.6 is 0 Å². The lowest BCUT2D eigenvalue weighted by Gasteiger charge is -2.34. The number of rotatable bonds is 6. The van der Waals surface area contributed by atoms with Crippen LogP contribution in [0.2, 0.25) is 0 Å². The number of aromatic nitrogens is 3. The Bertz CT molecular complexity index is 1020. The Morgan fingerprint density at radius 1 is 1.17 bits per heavy atom. The molecular formula is C23H30N4O3. The molecule has 1 saturated heterocycles. The van der Waals surface area contributed by atoms with Gasteiger partial charge in [-0.15, -0.1) is 0 Å². The van der Waals surface area contributed by atoms with Crippen LogP contribution in [0.4, 0.5) is 0 Å². The van der Waals surface area contributed by atoms with Crippen LogP contribution in [-0.4, -0.2) is 40.2 Å². The molecule has 0 aliphatic carbocycles. The number of aryl methyl sites for hydroxylation is 2. The van der Waals surface area contributed by atoms with E-state index in [1.807, 2.05) is 38.4 Å². The van der Waals surface area contributed by atoms with E-state index in [0.717, 1.165) is 59.4 Å². The number of hydrogen-bond donors (Lipinski definition) is 0. The van der Waals surface area contributed by atoms with Crippen molar-refractivity contribution in [1.29, 1.82) is 0 Å². The minimum absolute atomic E-state index is 0.302. The fourth-order valence-corrected chi connectivity index (χ4v) is 4.38. The molecule has 30 heavy (non-hydrogen) atoms. The first-order chi connectivity index (χ1) is 14.5. The summed E-state index contributed by atoms with van der Waals surface area (Å²) < 4.78 is 19.3. The summed E-state index contributed by atoms with van der Waals surface area (Å²) in [6.07, 6.45) is 7.41. The Labute approximate surface area is 177 Å². The first kappa shape index (κ1) is 20.5. The third kappa shape index (κ3) is 3.69. The minimum Gasteiger partial charge on any atom is -0.496 e. The molecule has 160 valence electrons. The maximum Gasteiger partial charge on any atom is 0.230 e. The number of nitrogens with zero attached hydrogens (tertiary/aromatic N) is 4. The first-order valence-corrected chi connectivity index (χ1v) is 10.4. The molecule has 7 nitrogen and oxygen atoms in total. The zero-order valence-electron chi connectivity index (χ0n) is 18.4. The second kappa shape index (κ2) is 8.52. The predicted octanol–water partition coefficient (Wildman–Crippen LogP) is 4.44. The van der Waals surface area contributed by atoms with E-state index in [-0.39, 0.29) is 0 Å². The van der Waals surface area contributed by atoms with Crippen molar-refractivity contribution >= 4 is 0 Å². The lowest BCUT2D eigenvalue weighted by Crippen LogP contribution is -2.34. The Morgan fingerprint density at radius 3 is 2.70 bits per heavy atom. The molecule has 0 spiro atoms. The average Bonchev–Trinajstić information content (AvgIpc) is 3.33. The molecule has 1 aliphatic rings. The highest BCUT2D eigenvalue weighted by molar-refractivity contribution is 5.68. The number of piperidine rings is 1.